The summed E-state index contributed by atoms with van der Waals surface area (Å²) in [7, 11) is 1.31. The number of carbonyl (C=O) groups excluding carboxylic acids is 1. The van der Waals surface area contributed by atoms with Crippen LogP contribution in [0.2, 0.25) is 0 Å². The predicted octanol–water partition coefficient (Wildman–Crippen LogP) is 0.684. The third-order valence-electron chi connectivity index (χ3n) is 2.49. The number of hydrogen-bond donors (Lipinski definition) is 2. The summed E-state index contributed by atoms with van der Waals surface area (Å²) in [6.07, 6.45) is 0.0800. The molecule has 3 N–H and O–H groups in total. The zero-order valence-corrected chi connectivity index (χ0v) is 9.23. The van der Waals surface area contributed by atoms with Crippen LogP contribution in [-0.4, -0.2) is 18.1 Å². The summed E-state index contributed by atoms with van der Waals surface area (Å²) in [5.41, 5.74) is 7.58. The van der Waals surface area contributed by atoms with E-state index in [4.69, 9.17) is 10.2 Å². The highest BCUT2D eigenvalue weighted by molar-refractivity contribution is 5.74. The Bertz CT molecular complexity index is 599. The predicted molar refractivity (Wildman–Crippen MR) is 60.4 cm³/mol. The van der Waals surface area contributed by atoms with Crippen LogP contribution in [0.1, 0.15) is 18.0 Å². The third-order valence-corrected chi connectivity index (χ3v) is 2.49. The lowest BCUT2D eigenvalue weighted by molar-refractivity contribution is -0.141. The van der Waals surface area contributed by atoms with Crippen molar-refractivity contribution in [2.75, 3.05) is 7.11 Å². The number of nitrogens with two attached hydrogens (primary N) is 1. The minimum atomic E-state index is -0.515. The van der Waals surface area contributed by atoms with Crippen molar-refractivity contribution in [1.82, 2.24) is 4.98 Å². The second-order valence-electron chi connectivity index (χ2n) is 3.66. The van der Waals surface area contributed by atoms with E-state index in [9.17, 15) is 9.59 Å². The van der Waals surface area contributed by atoms with Crippen LogP contribution in [0.4, 0.5) is 0 Å². The number of ether oxygens (including phenoxy) is 1. The molecule has 0 saturated carbocycles. The van der Waals surface area contributed by atoms with E-state index in [1.807, 2.05) is 0 Å². The maximum absolute atomic E-state index is 11.1. The van der Waals surface area contributed by atoms with Crippen molar-refractivity contribution in [2.45, 2.75) is 12.5 Å². The van der Waals surface area contributed by atoms with Crippen LogP contribution < -0.4 is 11.5 Å². The van der Waals surface area contributed by atoms with E-state index in [1.54, 1.807) is 18.2 Å². The molecule has 90 valence electrons. The molecule has 2 aromatic rings. The van der Waals surface area contributed by atoms with Crippen LogP contribution in [0.5, 0.6) is 0 Å². The molecule has 0 aliphatic heterocycles. The van der Waals surface area contributed by atoms with Gasteiger partial charge in [0, 0.05) is 6.04 Å². The summed E-state index contributed by atoms with van der Waals surface area (Å²) in [4.78, 5) is 24.6. The number of methoxy groups -OCH3 is 1. The molecule has 0 radical (unpaired) electrons. The fourth-order valence-corrected chi connectivity index (χ4v) is 1.57. The summed E-state index contributed by atoms with van der Waals surface area (Å²) in [5.74, 6) is -0.896. The molecule has 6 heteroatoms. The third kappa shape index (κ3) is 2.36. The first-order valence-electron chi connectivity index (χ1n) is 5.05. The van der Waals surface area contributed by atoms with Gasteiger partial charge in [-0.15, -0.1) is 0 Å². The molecule has 1 unspecified atom stereocenters. The van der Waals surface area contributed by atoms with Gasteiger partial charge in [-0.1, -0.05) is 6.07 Å². The van der Waals surface area contributed by atoms with Gasteiger partial charge in [0.05, 0.1) is 19.0 Å². The largest absolute Gasteiger partial charge is 0.469 e. The molecule has 1 aromatic heterocycles. The van der Waals surface area contributed by atoms with Gasteiger partial charge in [0.1, 0.15) is 0 Å². The van der Waals surface area contributed by atoms with Crippen LogP contribution in [-0.2, 0) is 9.53 Å². The average Bonchev–Trinajstić information content (AvgIpc) is 2.67. The second-order valence-corrected chi connectivity index (χ2v) is 3.66. The first kappa shape index (κ1) is 11.4. The highest BCUT2D eigenvalue weighted by Crippen LogP contribution is 2.19. The molecular weight excluding hydrogens is 224 g/mol. The number of rotatable bonds is 3. The number of hydrogen-bond acceptors (Lipinski definition) is 5. The topological polar surface area (TPSA) is 98.3 Å². The number of fused-ring (bicyclic) bond motifs is 1. The number of aromatic amines is 1. The van der Waals surface area contributed by atoms with Gasteiger partial charge in [-0.2, -0.15) is 0 Å². The molecular formula is C11H12N2O4. The van der Waals surface area contributed by atoms with E-state index in [2.05, 4.69) is 9.72 Å². The van der Waals surface area contributed by atoms with Crippen molar-refractivity contribution in [3.63, 3.8) is 0 Å². The van der Waals surface area contributed by atoms with Crippen molar-refractivity contribution in [3.05, 3.63) is 34.3 Å². The number of carbonyl (C=O) groups is 1. The molecule has 0 spiro atoms. The zero-order chi connectivity index (χ0) is 12.4. The molecule has 6 nitrogen and oxygen atoms in total. The van der Waals surface area contributed by atoms with Crippen LogP contribution in [0.15, 0.2) is 27.4 Å². The van der Waals surface area contributed by atoms with Gasteiger partial charge in [0.25, 0.3) is 0 Å². The second kappa shape index (κ2) is 4.42. The first-order valence-corrected chi connectivity index (χ1v) is 5.05. The van der Waals surface area contributed by atoms with Gasteiger partial charge in [-0.25, -0.2) is 4.79 Å². The van der Waals surface area contributed by atoms with Crippen molar-refractivity contribution < 1.29 is 13.9 Å². The highest BCUT2D eigenvalue weighted by Gasteiger charge is 2.13. The Morgan fingerprint density at radius 1 is 1.59 bits per heavy atom. The Hall–Kier alpha value is -2.08. The van der Waals surface area contributed by atoms with E-state index in [-0.39, 0.29) is 12.4 Å². The Kier molecular flexibility index (Phi) is 2.97. The van der Waals surface area contributed by atoms with E-state index >= 15 is 0 Å². The maximum Gasteiger partial charge on any atom is 0.417 e. The minimum Gasteiger partial charge on any atom is -0.469 e. The fourth-order valence-electron chi connectivity index (χ4n) is 1.57. The number of aromatic nitrogens is 1. The average molecular weight is 236 g/mol. The molecule has 0 aliphatic carbocycles. The number of nitrogens with one attached hydrogen (secondary N) is 1. The SMILES string of the molecule is COC(=O)CC(N)c1ccc2[nH]c(=O)oc2c1. The minimum absolute atomic E-state index is 0.0800. The lowest BCUT2D eigenvalue weighted by Crippen LogP contribution is -2.16. The van der Waals surface area contributed by atoms with E-state index in [0.29, 0.717) is 16.7 Å². The Morgan fingerprint density at radius 3 is 3.06 bits per heavy atom. The Labute approximate surface area is 96.4 Å². The van der Waals surface area contributed by atoms with Gasteiger partial charge in [-0.05, 0) is 17.7 Å². The van der Waals surface area contributed by atoms with Gasteiger partial charge in [-0.3, -0.25) is 9.78 Å². The molecule has 2 rings (SSSR count). The fraction of sp³-hybridized carbons (Fsp3) is 0.273. The zero-order valence-electron chi connectivity index (χ0n) is 9.23. The number of oxazole rings is 1. The summed E-state index contributed by atoms with van der Waals surface area (Å²) < 4.78 is 9.44. The Balaban J connectivity index is 2.29. The van der Waals surface area contributed by atoms with E-state index in [1.165, 1.54) is 7.11 Å². The molecule has 0 fully saturated rings. The van der Waals surface area contributed by atoms with Crippen LogP contribution in [0.3, 0.4) is 0 Å². The van der Waals surface area contributed by atoms with E-state index < -0.39 is 11.8 Å². The number of benzene rings is 1. The summed E-state index contributed by atoms with van der Waals surface area (Å²) >= 11 is 0. The van der Waals surface area contributed by atoms with E-state index in [0.717, 1.165) is 0 Å². The molecule has 0 saturated heterocycles. The van der Waals surface area contributed by atoms with Crippen molar-refractivity contribution in [2.24, 2.45) is 5.73 Å². The van der Waals surface area contributed by atoms with Gasteiger partial charge < -0.3 is 14.9 Å². The molecule has 17 heavy (non-hydrogen) atoms. The first-order chi connectivity index (χ1) is 8.10. The summed E-state index contributed by atoms with van der Waals surface area (Å²) in [6, 6.07) is 4.58. The van der Waals surface area contributed by atoms with Crippen LogP contribution >= 0.6 is 0 Å². The highest BCUT2D eigenvalue weighted by atomic mass is 16.5. The van der Waals surface area contributed by atoms with Gasteiger partial charge in [0.15, 0.2) is 5.58 Å². The van der Waals surface area contributed by atoms with Crippen molar-refractivity contribution >= 4 is 17.1 Å². The van der Waals surface area contributed by atoms with Gasteiger partial charge >= 0.3 is 11.7 Å². The van der Waals surface area contributed by atoms with Crippen LogP contribution in [0.25, 0.3) is 11.1 Å². The number of esters is 1. The standard InChI is InChI=1S/C11H12N2O4/c1-16-10(14)5-7(12)6-2-3-8-9(4-6)17-11(15)13-8/h2-4,7H,5,12H2,1H3,(H,13,15). The maximum atomic E-state index is 11.1. The summed E-state index contributed by atoms with van der Waals surface area (Å²) in [5, 5.41) is 0. The lowest BCUT2D eigenvalue weighted by atomic mass is 10.0. The van der Waals surface area contributed by atoms with Gasteiger partial charge in [0.2, 0.25) is 0 Å². The molecule has 0 aliphatic rings. The van der Waals surface area contributed by atoms with Crippen LogP contribution in [0, 0.1) is 0 Å². The van der Waals surface area contributed by atoms with Crippen molar-refractivity contribution in [3.8, 4) is 0 Å². The quantitative estimate of drug-likeness (QED) is 0.764. The lowest BCUT2D eigenvalue weighted by Gasteiger charge is -2.09. The molecule has 1 heterocycles. The molecule has 1 aromatic carbocycles. The monoisotopic (exact) mass is 236 g/mol. The molecule has 1 atom stereocenters. The molecule has 0 bridgehead atoms. The Morgan fingerprint density at radius 2 is 2.35 bits per heavy atom. The smallest absolute Gasteiger partial charge is 0.417 e. The van der Waals surface area contributed by atoms with Crippen molar-refractivity contribution in [1.29, 1.82) is 0 Å². The number of H-pyrrole nitrogens is 1. The summed E-state index contributed by atoms with van der Waals surface area (Å²) in [6.45, 7) is 0. The normalized spacial score (nSPS) is 12.6. The molecule has 0 amide bonds.